The number of fused-ring (bicyclic) bond motifs is 1. The Hall–Kier alpha value is -0.920. The summed E-state index contributed by atoms with van der Waals surface area (Å²) >= 11 is 7.01. The SMILES string of the molecule is CCN(CC)CCSc1nc(=S)c2c(ncn2C)[nH]1. The van der Waals surface area contributed by atoms with Crippen LogP contribution in [0.2, 0.25) is 0 Å². The number of aromatic amines is 1. The normalized spacial score (nSPS) is 11.6. The molecule has 0 saturated heterocycles. The third-order valence-electron chi connectivity index (χ3n) is 3.11. The summed E-state index contributed by atoms with van der Waals surface area (Å²) in [4.78, 5) is 14.3. The van der Waals surface area contributed by atoms with Gasteiger partial charge in [-0.25, -0.2) is 9.97 Å². The van der Waals surface area contributed by atoms with Crippen molar-refractivity contribution in [3.63, 3.8) is 0 Å². The number of hydrogen-bond donors (Lipinski definition) is 1. The molecule has 0 aromatic carbocycles. The largest absolute Gasteiger partial charge is 0.330 e. The van der Waals surface area contributed by atoms with Gasteiger partial charge >= 0.3 is 0 Å². The minimum atomic E-state index is 0.610. The third-order valence-corrected chi connectivity index (χ3v) is 4.25. The zero-order valence-electron chi connectivity index (χ0n) is 11.5. The molecule has 1 N–H and O–H groups in total. The van der Waals surface area contributed by atoms with Gasteiger partial charge in [-0.2, -0.15) is 0 Å². The summed E-state index contributed by atoms with van der Waals surface area (Å²) in [6, 6.07) is 0. The van der Waals surface area contributed by atoms with Crippen LogP contribution in [0.4, 0.5) is 0 Å². The van der Waals surface area contributed by atoms with Crippen LogP contribution in [0.15, 0.2) is 11.5 Å². The van der Waals surface area contributed by atoms with E-state index in [0.29, 0.717) is 4.64 Å². The Balaban J connectivity index is 2.07. The first-order valence-electron chi connectivity index (χ1n) is 6.42. The molecular formula is C12H19N5S2. The van der Waals surface area contributed by atoms with Crippen LogP contribution in [-0.4, -0.2) is 49.8 Å². The lowest BCUT2D eigenvalue weighted by atomic mass is 10.5. The zero-order chi connectivity index (χ0) is 13.8. The summed E-state index contributed by atoms with van der Waals surface area (Å²) in [5, 5.41) is 0.850. The maximum atomic E-state index is 5.31. The number of aryl methyl sites for hydroxylation is 1. The summed E-state index contributed by atoms with van der Waals surface area (Å²) in [5.41, 5.74) is 1.70. The molecule has 0 aliphatic heterocycles. The first-order valence-corrected chi connectivity index (χ1v) is 7.81. The van der Waals surface area contributed by atoms with Gasteiger partial charge in [-0.1, -0.05) is 37.8 Å². The molecule has 0 amide bonds. The van der Waals surface area contributed by atoms with Crippen molar-refractivity contribution in [2.24, 2.45) is 7.05 Å². The Morgan fingerprint density at radius 2 is 2.16 bits per heavy atom. The Kier molecular flexibility index (Phi) is 4.95. The Morgan fingerprint density at radius 1 is 1.42 bits per heavy atom. The molecule has 0 saturated carbocycles. The first kappa shape index (κ1) is 14.5. The quantitative estimate of drug-likeness (QED) is 0.504. The lowest BCUT2D eigenvalue weighted by Crippen LogP contribution is -2.25. The monoisotopic (exact) mass is 297 g/mol. The Labute approximate surface area is 122 Å². The molecule has 0 aliphatic carbocycles. The van der Waals surface area contributed by atoms with E-state index >= 15 is 0 Å². The van der Waals surface area contributed by atoms with Crippen molar-refractivity contribution in [1.82, 2.24) is 24.4 Å². The van der Waals surface area contributed by atoms with Crippen molar-refractivity contribution in [2.45, 2.75) is 19.0 Å². The van der Waals surface area contributed by atoms with Crippen molar-refractivity contribution in [1.29, 1.82) is 0 Å². The van der Waals surface area contributed by atoms with Gasteiger partial charge in [-0.3, -0.25) is 0 Å². The molecule has 0 bridgehead atoms. The van der Waals surface area contributed by atoms with Gasteiger partial charge in [0.05, 0.1) is 6.33 Å². The highest BCUT2D eigenvalue weighted by Crippen LogP contribution is 2.17. The Morgan fingerprint density at radius 3 is 2.84 bits per heavy atom. The number of nitrogens with zero attached hydrogens (tertiary/aromatic N) is 4. The van der Waals surface area contributed by atoms with E-state index in [0.717, 1.165) is 41.7 Å². The number of thioether (sulfide) groups is 1. The zero-order valence-corrected chi connectivity index (χ0v) is 13.1. The minimum absolute atomic E-state index is 0.610. The molecule has 19 heavy (non-hydrogen) atoms. The molecule has 0 radical (unpaired) electrons. The van der Waals surface area contributed by atoms with Gasteiger partial charge in [-0.05, 0) is 13.1 Å². The van der Waals surface area contributed by atoms with Crippen LogP contribution in [0.25, 0.3) is 11.2 Å². The van der Waals surface area contributed by atoms with E-state index in [4.69, 9.17) is 12.2 Å². The minimum Gasteiger partial charge on any atom is -0.330 e. The number of rotatable bonds is 6. The van der Waals surface area contributed by atoms with Crippen LogP contribution in [0.3, 0.4) is 0 Å². The standard InChI is InChI=1S/C12H19N5S2/c1-4-17(5-2)6-7-19-12-14-10-9(11(18)15-12)16(3)8-13-10/h8H,4-7H2,1-3H3,(H,14,15,18). The molecule has 2 heterocycles. The van der Waals surface area contributed by atoms with E-state index in [-0.39, 0.29) is 0 Å². The molecule has 104 valence electrons. The molecule has 0 fully saturated rings. The lowest BCUT2D eigenvalue weighted by molar-refractivity contribution is 0.324. The van der Waals surface area contributed by atoms with E-state index < -0.39 is 0 Å². The topological polar surface area (TPSA) is 49.7 Å². The highest BCUT2D eigenvalue weighted by Gasteiger charge is 2.07. The van der Waals surface area contributed by atoms with Crippen molar-refractivity contribution in [3.8, 4) is 0 Å². The molecule has 5 nitrogen and oxygen atoms in total. The van der Waals surface area contributed by atoms with E-state index in [1.807, 2.05) is 11.6 Å². The van der Waals surface area contributed by atoms with E-state index in [2.05, 4.69) is 33.7 Å². The molecule has 2 aromatic rings. The van der Waals surface area contributed by atoms with Crippen molar-refractivity contribution >= 4 is 35.1 Å². The molecule has 0 unspecified atom stereocenters. The highest BCUT2D eigenvalue weighted by atomic mass is 32.2. The second-order valence-electron chi connectivity index (χ2n) is 4.28. The van der Waals surface area contributed by atoms with Crippen LogP contribution < -0.4 is 0 Å². The van der Waals surface area contributed by atoms with E-state index in [1.54, 1.807) is 18.1 Å². The van der Waals surface area contributed by atoms with Crippen LogP contribution in [0, 0.1) is 4.64 Å². The summed E-state index contributed by atoms with van der Waals surface area (Å²) in [5.74, 6) is 0.998. The van der Waals surface area contributed by atoms with Crippen molar-refractivity contribution < 1.29 is 0 Å². The molecule has 2 rings (SSSR count). The molecule has 0 aliphatic rings. The second-order valence-corrected chi connectivity index (χ2v) is 5.75. The average Bonchev–Trinajstić information content (AvgIpc) is 2.77. The fraction of sp³-hybridized carbons (Fsp3) is 0.583. The van der Waals surface area contributed by atoms with Crippen molar-refractivity contribution in [3.05, 3.63) is 11.0 Å². The van der Waals surface area contributed by atoms with Crippen LogP contribution >= 0.6 is 24.0 Å². The number of aromatic nitrogens is 4. The average molecular weight is 297 g/mol. The van der Waals surface area contributed by atoms with Gasteiger partial charge in [-0.15, -0.1) is 0 Å². The fourth-order valence-corrected chi connectivity index (χ4v) is 3.19. The number of H-pyrrole nitrogens is 1. The van der Waals surface area contributed by atoms with Crippen LogP contribution in [0.5, 0.6) is 0 Å². The molecule has 7 heteroatoms. The van der Waals surface area contributed by atoms with Gasteiger partial charge in [0.2, 0.25) is 0 Å². The smallest absolute Gasteiger partial charge is 0.168 e. The summed E-state index contributed by atoms with van der Waals surface area (Å²) in [6.45, 7) is 7.58. The van der Waals surface area contributed by atoms with Crippen LogP contribution in [-0.2, 0) is 7.05 Å². The summed E-state index contributed by atoms with van der Waals surface area (Å²) in [6.07, 6.45) is 1.75. The van der Waals surface area contributed by atoms with Crippen LogP contribution in [0.1, 0.15) is 13.8 Å². The first-order chi connectivity index (χ1) is 9.15. The third kappa shape index (κ3) is 3.34. The van der Waals surface area contributed by atoms with Gasteiger partial charge in [0.1, 0.15) is 5.52 Å². The number of imidazole rings is 1. The summed E-state index contributed by atoms with van der Waals surface area (Å²) < 4.78 is 2.50. The number of hydrogen-bond acceptors (Lipinski definition) is 5. The van der Waals surface area contributed by atoms with Gasteiger partial charge in [0.25, 0.3) is 0 Å². The molecule has 0 atom stereocenters. The van der Waals surface area contributed by atoms with E-state index in [1.165, 1.54) is 0 Å². The highest BCUT2D eigenvalue weighted by molar-refractivity contribution is 7.99. The van der Waals surface area contributed by atoms with Crippen molar-refractivity contribution in [2.75, 3.05) is 25.4 Å². The molecule has 2 aromatic heterocycles. The molecule has 0 spiro atoms. The predicted molar refractivity (Wildman–Crippen MR) is 82.2 cm³/mol. The molecular weight excluding hydrogens is 278 g/mol. The Bertz CT molecular complexity index is 600. The predicted octanol–water partition coefficient (Wildman–Crippen LogP) is 2.46. The summed E-state index contributed by atoms with van der Waals surface area (Å²) in [7, 11) is 1.92. The van der Waals surface area contributed by atoms with E-state index in [9.17, 15) is 0 Å². The van der Waals surface area contributed by atoms with Gasteiger partial charge in [0.15, 0.2) is 15.4 Å². The maximum Gasteiger partial charge on any atom is 0.168 e. The number of nitrogens with one attached hydrogen (secondary N) is 1. The maximum absolute atomic E-state index is 5.31. The fourth-order valence-electron chi connectivity index (χ4n) is 1.93. The lowest BCUT2D eigenvalue weighted by Gasteiger charge is -2.16. The second kappa shape index (κ2) is 6.49. The van der Waals surface area contributed by atoms with Gasteiger partial charge in [0, 0.05) is 19.3 Å². The van der Waals surface area contributed by atoms with Gasteiger partial charge < -0.3 is 14.5 Å².